The summed E-state index contributed by atoms with van der Waals surface area (Å²) in [5, 5.41) is -0.0652. The van der Waals surface area contributed by atoms with Crippen molar-refractivity contribution >= 4 is 17.4 Å². The number of alkyl halides is 3. The van der Waals surface area contributed by atoms with Crippen LogP contribution in [0.3, 0.4) is 0 Å². The lowest BCUT2D eigenvalue weighted by Crippen LogP contribution is -2.32. The third-order valence-corrected chi connectivity index (χ3v) is 1.88. The molecule has 15 heavy (non-hydrogen) atoms. The molecule has 0 fully saturated rings. The van der Waals surface area contributed by atoms with Crippen LogP contribution >= 0.6 is 11.6 Å². The Morgan fingerprint density at radius 2 is 2.07 bits per heavy atom. The highest BCUT2D eigenvalue weighted by Gasteiger charge is 2.30. The smallest absolute Gasteiger partial charge is 0.350 e. The van der Waals surface area contributed by atoms with Crippen LogP contribution in [0.2, 0.25) is 5.28 Å². The summed E-state index contributed by atoms with van der Waals surface area (Å²) in [4.78, 5) is 8.39. The Kier molecular flexibility index (Phi) is 3.38. The molecular formula is C8H9ClF3N3. The van der Waals surface area contributed by atoms with Gasteiger partial charge < -0.3 is 4.90 Å². The fraction of sp³-hybridized carbons (Fsp3) is 0.500. The lowest BCUT2D eigenvalue weighted by atomic mass is 10.3. The molecule has 0 radical (unpaired) electrons. The molecule has 0 saturated heterocycles. The van der Waals surface area contributed by atoms with Crippen molar-refractivity contribution < 1.29 is 13.2 Å². The Hall–Kier alpha value is -1.04. The number of anilines is 1. The van der Waals surface area contributed by atoms with Gasteiger partial charge in [0.1, 0.15) is 12.4 Å². The maximum absolute atomic E-state index is 12.1. The van der Waals surface area contributed by atoms with Gasteiger partial charge in [-0.2, -0.15) is 13.2 Å². The van der Waals surface area contributed by atoms with Crippen molar-refractivity contribution in [2.45, 2.75) is 13.1 Å². The summed E-state index contributed by atoms with van der Waals surface area (Å²) in [5.41, 5.74) is 0.547. The lowest BCUT2D eigenvalue weighted by Gasteiger charge is -2.21. The summed E-state index contributed by atoms with van der Waals surface area (Å²) in [6.45, 7) is 0.555. The molecule has 0 unspecified atom stereocenters. The molecule has 7 heteroatoms. The highest BCUT2D eigenvalue weighted by molar-refractivity contribution is 6.28. The quantitative estimate of drug-likeness (QED) is 0.743. The van der Waals surface area contributed by atoms with Gasteiger partial charge in [-0.3, -0.25) is 0 Å². The first-order chi connectivity index (χ1) is 6.79. The minimum Gasteiger partial charge on any atom is -0.350 e. The van der Waals surface area contributed by atoms with E-state index in [4.69, 9.17) is 11.6 Å². The van der Waals surface area contributed by atoms with E-state index in [0.29, 0.717) is 5.56 Å². The molecule has 0 aromatic carbocycles. The largest absolute Gasteiger partial charge is 0.405 e. The zero-order valence-corrected chi connectivity index (χ0v) is 8.89. The normalized spacial score (nSPS) is 11.6. The van der Waals surface area contributed by atoms with Gasteiger partial charge in [-0.05, 0) is 18.5 Å². The molecule has 0 bridgehead atoms. The van der Waals surface area contributed by atoms with Gasteiger partial charge in [0.25, 0.3) is 0 Å². The monoisotopic (exact) mass is 239 g/mol. The van der Waals surface area contributed by atoms with Crippen LogP contribution in [0.5, 0.6) is 0 Å². The Morgan fingerprint density at radius 3 is 2.60 bits per heavy atom. The van der Waals surface area contributed by atoms with E-state index in [1.807, 2.05) is 0 Å². The summed E-state index contributed by atoms with van der Waals surface area (Å²) in [6, 6.07) is 0. The maximum Gasteiger partial charge on any atom is 0.405 e. The first-order valence-electron chi connectivity index (χ1n) is 4.06. The Morgan fingerprint density at radius 1 is 1.47 bits per heavy atom. The van der Waals surface area contributed by atoms with Crippen molar-refractivity contribution in [2.24, 2.45) is 0 Å². The first-order valence-corrected chi connectivity index (χ1v) is 4.44. The number of aromatic nitrogens is 2. The first kappa shape index (κ1) is 12.0. The predicted molar refractivity (Wildman–Crippen MR) is 51.1 cm³/mol. The van der Waals surface area contributed by atoms with E-state index in [1.165, 1.54) is 13.2 Å². The van der Waals surface area contributed by atoms with Gasteiger partial charge in [0.15, 0.2) is 0 Å². The molecule has 0 atom stereocenters. The predicted octanol–water partition coefficient (Wildman–Crippen LogP) is 2.44. The van der Waals surface area contributed by atoms with Crippen LogP contribution in [0.1, 0.15) is 5.56 Å². The Balaban J connectivity index is 2.90. The van der Waals surface area contributed by atoms with Crippen LogP contribution in [0.4, 0.5) is 19.0 Å². The van der Waals surface area contributed by atoms with Crippen molar-refractivity contribution in [1.82, 2.24) is 9.97 Å². The summed E-state index contributed by atoms with van der Waals surface area (Å²) >= 11 is 5.50. The number of aryl methyl sites for hydroxylation is 1. The lowest BCUT2D eigenvalue weighted by molar-refractivity contribution is -0.119. The minimum absolute atomic E-state index is 0.0652. The van der Waals surface area contributed by atoms with Crippen LogP contribution in [-0.2, 0) is 0 Å². The molecule has 3 nitrogen and oxygen atoms in total. The average Bonchev–Trinajstić information content (AvgIpc) is 2.06. The molecule has 1 heterocycles. The molecule has 1 aromatic rings. The van der Waals surface area contributed by atoms with Crippen molar-refractivity contribution in [3.05, 3.63) is 17.0 Å². The molecule has 0 amide bonds. The van der Waals surface area contributed by atoms with Gasteiger partial charge in [0, 0.05) is 18.8 Å². The molecule has 0 aliphatic heterocycles. The zero-order chi connectivity index (χ0) is 11.6. The number of halogens is 4. The van der Waals surface area contributed by atoms with Crippen LogP contribution < -0.4 is 4.90 Å². The highest BCUT2D eigenvalue weighted by Crippen LogP contribution is 2.22. The second kappa shape index (κ2) is 4.22. The van der Waals surface area contributed by atoms with E-state index in [2.05, 4.69) is 9.97 Å². The standard InChI is InChI=1S/C8H9ClF3N3/c1-5-3-13-7(9)14-6(5)15(2)4-8(10,11)12/h3H,4H2,1-2H3. The van der Waals surface area contributed by atoms with Gasteiger partial charge in [-0.15, -0.1) is 0 Å². The molecule has 0 aliphatic carbocycles. The summed E-state index contributed by atoms with van der Waals surface area (Å²) < 4.78 is 36.3. The van der Waals surface area contributed by atoms with Gasteiger partial charge in [-0.25, -0.2) is 9.97 Å². The summed E-state index contributed by atoms with van der Waals surface area (Å²) in [7, 11) is 1.30. The molecule has 1 rings (SSSR count). The van der Waals surface area contributed by atoms with Gasteiger partial charge in [-0.1, -0.05) is 0 Å². The summed E-state index contributed by atoms with van der Waals surface area (Å²) in [5.74, 6) is 0.187. The van der Waals surface area contributed by atoms with E-state index in [1.54, 1.807) is 6.92 Å². The number of nitrogens with zero attached hydrogens (tertiary/aromatic N) is 3. The van der Waals surface area contributed by atoms with Crippen LogP contribution in [-0.4, -0.2) is 29.7 Å². The fourth-order valence-corrected chi connectivity index (χ4v) is 1.27. The van der Waals surface area contributed by atoms with Crippen LogP contribution in [0.25, 0.3) is 0 Å². The topological polar surface area (TPSA) is 29.0 Å². The second-order valence-corrected chi connectivity index (χ2v) is 3.45. The maximum atomic E-state index is 12.1. The number of hydrogen-bond acceptors (Lipinski definition) is 3. The van der Waals surface area contributed by atoms with Gasteiger partial charge >= 0.3 is 6.18 Å². The van der Waals surface area contributed by atoms with Crippen molar-refractivity contribution in [2.75, 3.05) is 18.5 Å². The average molecular weight is 240 g/mol. The molecule has 0 spiro atoms. The van der Waals surface area contributed by atoms with Crippen molar-refractivity contribution in [1.29, 1.82) is 0 Å². The number of hydrogen-bond donors (Lipinski definition) is 0. The van der Waals surface area contributed by atoms with Crippen LogP contribution in [0.15, 0.2) is 6.20 Å². The minimum atomic E-state index is -4.27. The molecule has 0 N–H and O–H groups in total. The molecule has 84 valence electrons. The Labute approximate surface area is 89.9 Å². The Bertz CT molecular complexity index is 353. The molecular weight excluding hydrogens is 231 g/mol. The second-order valence-electron chi connectivity index (χ2n) is 3.12. The van der Waals surface area contributed by atoms with Gasteiger partial charge in [0.05, 0.1) is 0 Å². The summed E-state index contributed by atoms with van der Waals surface area (Å²) in [6.07, 6.45) is -2.88. The highest BCUT2D eigenvalue weighted by atomic mass is 35.5. The van der Waals surface area contributed by atoms with Crippen molar-refractivity contribution in [3.63, 3.8) is 0 Å². The third kappa shape index (κ3) is 3.54. The zero-order valence-electron chi connectivity index (χ0n) is 8.14. The third-order valence-electron chi connectivity index (χ3n) is 1.69. The van der Waals surface area contributed by atoms with Crippen molar-refractivity contribution in [3.8, 4) is 0 Å². The number of rotatable bonds is 2. The molecule has 0 saturated carbocycles. The molecule has 0 aliphatic rings. The van der Waals surface area contributed by atoms with E-state index in [-0.39, 0.29) is 11.1 Å². The van der Waals surface area contributed by atoms with E-state index < -0.39 is 12.7 Å². The van der Waals surface area contributed by atoms with Gasteiger partial charge in [0.2, 0.25) is 5.28 Å². The van der Waals surface area contributed by atoms with E-state index >= 15 is 0 Å². The fourth-order valence-electron chi connectivity index (χ4n) is 1.14. The van der Waals surface area contributed by atoms with Crippen LogP contribution in [0, 0.1) is 6.92 Å². The van der Waals surface area contributed by atoms with E-state index in [0.717, 1.165) is 4.90 Å². The van der Waals surface area contributed by atoms with E-state index in [9.17, 15) is 13.2 Å². The SMILES string of the molecule is Cc1cnc(Cl)nc1N(C)CC(F)(F)F. The molecule has 1 aromatic heterocycles.